The third-order valence-corrected chi connectivity index (χ3v) is 8.07. The first kappa shape index (κ1) is 29.5. The van der Waals surface area contributed by atoms with E-state index in [-0.39, 0.29) is 11.8 Å². The molecule has 7 heteroatoms. The van der Waals surface area contributed by atoms with E-state index in [2.05, 4.69) is 16.6 Å². The number of benzene rings is 3. The number of allylic oxidation sites excluding steroid dienone is 1. The van der Waals surface area contributed by atoms with Crippen molar-refractivity contribution >= 4 is 29.2 Å². The molecule has 0 bridgehead atoms. The predicted molar refractivity (Wildman–Crippen MR) is 160 cm³/mol. The zero-order valence-electron chi connectivity index (χ0n) is 23.4. The number of morpholine rings is 1. The molecule has 40 heavy (non-hydrogen) atoms. The van der Waals surface area contributed by atoms with E-state index in [4.69, 9.17) is 9.57 Å². The molecule has 0 unspecified atom stereocenters. The van der Waals surface area contributed by atoms with E-state index in [9.17, 15) is 9.59 Å². The van der Waals surface area contributed by atoms with E-state index < -0.39 is 5.54 Å². The molecule has 0 N–H and O–H groups in total. The van der Waals surface area contributed by atoms with Crippen LogP contribution in [0, 0.1) is 6.92 Å². The van der Waals surface area contributed by atoms with Crippen molar-refractivity contribution in [3.63, 3.8) is 0 Å². The number of carbonyl (C=O) groups is 2. The summed E-state index contributed by atoms with van der Waals surface area (Å²) in [4.78, 5) is 35.4. The molecule has 0 atom stereocenters. The molecule has 3 aromatic carbocycles. The van der Waals surface area contributed by atoms with Crippen molar-refractivity contribution in [2.24, 2.45) is 5.16 Å². The minimum Gasteiger partial charge on any atom is -0.379 e. The molecule has 6 nitrogen and oxygen atoms in total. The van der Waals surface area contributed by atoms with Crippen LogP contribution in [0.15, 0.2) is 100 Å². The number of oxime groups is 1. The summed E-state index contributed by atoms with van der Waals surface area (Å²) in [7, 11) is 0. The van der Waals surface area contributed by atoms with Crippen molar-refractivity contribution < 1.29 is 19.2 Å². The molecule has 0 spiro atoms. The van der Waals surface area contributed by atoms with Gasteiger partial charge in [0, 0.05) is 34.0 Å². The highest BCUT2D eigenvalue weighted by Crippen LogP contribution is 2.29. The van der Waals surface area contributed by atoms with Crippen LogP contribution in [0.5, 0.6) is 0 Å². The SMILES string of the molecule is C=CCCC(=NOC(=O)C(C)(C)N1CCOCC1)c1ccc(Sc2ccc(C(=O)c3ccccc3C)cc2)cc1. The summed E-state index contributed by atoms with van der Waals surface area (Å²) in [6.07, 6.45) is 3.15. The normalized spacial score (nSPS) is 14.5. The molecule has 0 amide bonds. The molecule has 0 radical (unpaired) electrons. The van der Waals surface area contributed by atoms with Crippen LogP contribution in [0.2, 0.25) is 0 Å². The fraction of sp³-hybridized carbons (Fsp3) is 0.303. The highest BCUT2D eigenvalue weighted by molar-refractivity contribution is 7.99. The molecular weight excluding hydrogens is 520 g/mol. The smallest absolute Gasteiger partial charge is 0.354 e. The lowest BCUT2D eigenvalue weighted by Gasteiger charge is -2.37. The first-order valence-electron chi connectivity index (χ1n) is 13.5. The van der Waals surface area contributed by atoms with Crippen LogP contribution in [0.1, 0.15) is 53.7 Å². The number of rotatable bonds is 11. The molecule has 3 aromatic rings. The molecule has 1 heterocycles. The van der Waals surface area contributed by atoms with Gasteiger partial charge in [-0.2, -0.15) is 0 Å². The summed E-state index contributed by atoms with van der Waals surface area (Å²) in [5.41, 5.74) is 3.16. The maximum atomic E-state index is 12.9. The molecular formula is C33H36N2O4S. The Hall–Kier alpha value is -3.52. The van der Waals surface area contributed by atoms with E-state index in [1.165, 1.54) is 0 Å². The standard InChI is InChI=1S/C33H36N2O4S/c1-5-6-11-30(34-39-32(37)33(3,4)35-20-22-38-23-21-35)25-12-16-27(17-13-25)40-28-18-14-26(15-19-28)31(36)29-10-8-7-9-24(29)2/h5,7-10,12-19H,1,6,11,20-23H2,2-4H3. The van der Waals surface area contributed by atoms with Crippen LogP contribution in [-0.4, -0.2) is 54.2 Å². The highest BCUT2D eigenvalue weighted by atomic mass is 32.2. The van der Waals surface area contributed by atoms with Crippen molar-refractivity contribution in [1.82, 2.24) is 4.90 Å². The number of ketones is 1. The molecule has 1 aliphatic heterocycles. The van der Waals surface area contributed by atoms with Gasteiger partial charge >= 0.3 is 5.97 Å². The van der Waals surface area contributed by atoms with Gasteiger partial charge in [-0.25, -0.2) is 4.79 Å². The van der Waals surface area contributed by atoms with Crippen LogP contribution in [-0.2, 0) is 14.4 Å². The number of nitrogens with zero attached hydrogens (tertiary/aromatic N) is 2. The summed E-state index contributed by atoms with van der Waals surface area (Å²) in [5, 5.41) is 4.29. The Balaban J connectivity index is 1.42. The van der Waals surface area contributed by atoms with Gasteiger partial charge < -0.3 is 9.57 Å². The van der Waals surface area contributed by atoms with Gasteiger partial charge in [-0.1, -0.05) is 59.4 Å². The summed E-state index contributed by atoms with van der Waals surface area (Å²) in [6.45, 7) is 12.0. The Morgan fingerprint density at radius 2 is 1.57 bits per heavy atom. The quantitative estimate of drug-likeness (QED) is 0.0861. The Morgan fingerprint density at radius 1 is 0.975 bits per heavy atom. The molecule has 1 fully saturated rings. The number of ether oxygens (including phenoxy) is 1. The lowest BCUT2D eigenvalue weighted by Crippen LogP contribution is -2.54. The largest absolute Gasteiger partial charge is 0.379 e. The molecule has 4 rings (SSSR count). The number of hydrogen-bond donors (Lipinski definition) is 0. The second-order valence-electron chi connectivity index (χ2n) is 10.2. The Morgan fingerprint density at radius 3 is 2.17 bits per heavy atom. The van der Waals surface area contributed by atoms with Crippen LogP contribution >= 0.6 is 11.8 Å². The third kappa shape index (κ3) is 7.36. The van der Waals surface area contributed by atoms with Crippen LogP contribution in [0.3, 0.4) is 0 Å². The zero-order valence-corrected chi connectivity index (χ0v) is 24.2. The second kappa shape index (κ2) is 13.7. The van der Waals surface area contributed by atoms with Gasteiger partial charge in [0.2, 0.25) is 0 Å². The van der Waals surface area contributed by atoms with Gasteiger partial charge in [-0.3, -0.25) is 9.69 Å². The topological polar surface area (TPSA) is 68.2 Å². The third-order valence-electron chi connectivity index (χ3n) is 7.05. The molecule has 0 aromatic heterocycles. The second-order valence-corrected chi connectivity index (χ2v) is 11.3. The molecule has 1 saturated heterocycles. The molecule has 0 saturated carbocycles. The monoisotopic (exact) mass is 556 g/mol. The molecule has 208 valence electrons. The maximum absolute atomic E-state index is 12.9. The van der Waals surface area contributed by atoms with Gasteiger partial charge in [0.05, 0.1) is 18.9 Å². The summed E-state index contributed by atoms with van der Waals surface area (Å²) >= 11 is 1.61. The van der Waals surface area contributed by atoms with Gasteiger partial charge in [-0.05, 0) is 81.1 Å². The lowest BCUT2D eigenvalue weighted by molar-refractivity contribution is -0.159. The highest BCUT2D eigenvalue weighted by Gasteiger charge is 2.37. The van der Waals surface area contributed by atoms with Crippen molar-refractivity contribution in [2.75, 3.05) is 26.3 Å². The van der Waals surface area contributed by atoms with E-state index in [0.717, 1.165) is 26.5 Å². The Bertz CT molecular complexity index is 1360. The van der Waals surface area contributed by atoms with Crippen molar-refractivity contribution in [3.8, 4) is 0 Å². The van der Waals surface area contributed by atoms with Crippen LogP contribution < -0.4 is 0 Å². The van der Waals surface area contributed by atoms with Crippen molar-refractivity contribution in [2.45, 2.75) is 48.9 Å². The summed E-state index contributed by atoms with van der Waals surface area (Å²) in [6, 6.07) is 23.3. The summed E-state index contributed by atoms with van der Waals surface area (Å²) < 4.78 is 5.41. The average Bonchev–Trinajstić information content (AvgIpc) is 2.98. The lowest BCUT2D eigenvalue weighted by atomic mass is 9.99. The molecule has 1 aliphatic rings. The minimum atomic E-state index is -0.794. The first-order valence-corrected chi connectivity index (χ1v) is 14.3. The Kier molecular flexibility index (Phi) is 10.1. The number of carbonyl (C=O) groups excluding carboxylic acids is 2. The van der Waals surface area contributed by atoms with Gasteiger partial charge in [0.25, 0.3) is 0 Å². The fourth-order valence-electron chi connectivity index (χ4n) is 4.45. The predicted octanol–water partition coefficient (Wildman–Crippen LogP) is 6.70. The van der Waals surface area contributed by atoms with E-state index in [0.29, 0.717) is 50.4 Å². The van der Waals surface area contributed by atoms with Crippen LogP contribution in [0.25, 0.3) is 0 Å². The van der Waals surface area contributed by atoms with E-state index in [1.54, 1.807) is 11.8 Å². The number of hydrogen-bond acceptors (Lipinski definition) is 7. The van der Waals surface area contributed by atoms with Crippen molar-refractivity contribution in [3.05, 3.63) is 108 Å². The van der Waals surface area contributed by atoms with Crippen molar-refractivity contribution in [1.29, 1.82) is 0 Å². The van der Waals surface area contributed by atoms with Gasteiger partial charge in [0.1, 0.15) is 5.54 Å². The van der Waals surface area contributed by atoms with Gasteiger partial charge in [0.15, 0.2) is 5.78 Å². The number of aryl methyl sites for hydroxylation is 1. The average molecular weight is 557 g/mol. The first-order chi connectivity index (χ1) is 19.3. The minimum absolute atomic E-state index is 0.0272. The van der Waals surface area contributed by atoms with E-state index >= 15 is 0 Å². The van der Waals surface area contributed by atoms with Gasteiger partial charge in [-0.15, -0.1) is 6.58 Å². The maximum Gasteiger partial charge on any atom is 0.354 e. The zero-order chi connectivity index (χ0) is 28.5. The van der Waals surface area contributed by atoms with E-state index in [1.807, 2.05) is 99.6 Å². The summed E-state index contributed by atoms with van der Waals surface area (Å²) in [5.74, 6) is -0.360. The van der Waals surface area contributed by atoms with Crippen LogP contribution in [0.4, 0.5) is 0 Å². The fourth-order valence-corrected chi connectivity index (χ4v) is 5.27. The molecule has 0 aliphatic carbocycles. The Labute approximate surface area is 241 Å².